The Balaban J connectivity index is 1.79. The van der Waals surface area contributed by atoms with E-state index < -0.39 is 5.92 Å². The predicted molar refractivity (Wildman–Crippen MR) is 85.5 cm³/mol. The van der Waals surface area contributed by atoms with Crippen LogP contribution in [0.4, 0.5) is 0 Å². The summed E-state index contributed by atoms with van der Waals surface area (Å²) in [5.74, 6) is -0.906. The molecule has 0 radical (unpaired) electrons. The lowest BCUT2D eigenvalue weighted by Crippen LogP contribution is -2.13. The van der Waals surface area contributed by atoms with E-state index in [-0.39, 0.29) is 5.78 Å². The molecule has 2 aromatic heterocycles. The summed E-state index contributed by atoms with van der Waals surface area (Å²) in [5, 5.41) is 10.4. The standard InChI is InChI=1S/C17H13N3OS/c18-9-14(17(21)8-6-13-10-19-11-22-13)16-7-5-12-3-1-2-4-15(12)20-16/h1-5,7,10-11,14H,6,8H2. The number of ketones is 1. The van der Waals surface area contributed by atoms with Crippen molar-refractivity contribution in [3.05, 3.63) is 58.7 Å². The van der Waals surface area contributed by atoms with Crippen LogP contribution in [0, 0.1) is 11.3 Å². The van der Waals surface area contributed by atoms with Gasteiger partial charge in [-0.2, -0.15) is 5.26 Å². The van der Waals surface area contributed by atoms with Crippen molar-refractivity contribution < 1.29 is 4.79 Å². The van der Waals surface area contributed by atoms with Crippen LogP contribution in [0.5, 0.6) is 0 Å². The Morgan fingerprint density at radius 1 is 1.27 bits per heavy atom. The van der Waals surface area contributed by atoms with Gasteiger partial charge < -0.3 is 0 Å². The van der Waals surface area contributed by atoms with Gasteiger partial charge >= 0.3 is 0 Å². The number of para-hydroxylation sites is 1. The highest BCUT2D eigenvalue weighted by Crippen LogP contribution is 2.21. The number of fused-ring (bicyclic) bond motifs is 1. The second kappa shape index (κ2) is 6.46. The summed E-state index contributed by atoms with van der Waals surface area (Å²) in [7, 11) is 0. The molecule has 1 atom stereocenters. The molecule has 22 heavy (non-hydrogen) atoms. The molecule has 2 heterocycles. The van der Waals surface area contributed by atoms with Crippen molar-refractivity contribution in [3.63, 3.8) is 0 Å². The van der Waals surface area contributed by atoms with Crippen molar-refractivity contribution in [3.8, 4) is 6.07 Å². The number of aryl methyl sites for hydroxylation is 1. The molecule has 0 aliphatic rings. The third kappa shape index (κ3) is 3.02. The number of carbonyl (C=O) groups excluding carboxylic acids is 1. The smallest absolute Gasteiger partial charge is 0.156 e. The van der Waals surface area contributed by atoms with Gasteiger partial charge in [0.25, 0.3) is 0 Å². The van der Waals surface area contributed by atoms with Crippen LogP contribution >= 0.6 is 11.3 Å². The first-order valence-electron chi connectivity index (χ1n) is 6.93. The van der Waals surface area contributed by atoms with Crippen LogP contribution in [-0.2, 0) is 11.2 Å². The molecule has 1 aromatic carbocycles. The Kier molecular flexibility index (Phi) is 4.22. The molecule has 3 rings (SSSR count). The van der Waals surface area contributed by atoms with Crippen LogP contribution in [-0.4, -0.2) is 15.8 Å². The molecule has 5 heteroatoms. The van der Waals surface area contributed by atoms with Crippen molar-refractivity contribution in [2.75, 3.05) is 0 Å². The highest BCUT2D eigenvalue weighted by Gasteiger charge is 2.21. The van der Waals surface area contributed by atoms with Gasteiger partial charge in [-0.25, -0.2) is 0 Å². The fourth-order valence-electron chi connectivity index (χ4n) is 2.30. The van der Waals surface area contributed by atoms with E-state index in [0.717, 1.165) is 15.8 Å². The molecule has 3 aromatic rings. The van der Waals surface area contributed by atoms with E-state index in [0.29, 0.717) is 18.5 Å². The van der Waals surface area contributed by atoms with Crippen molar-refractivity contribution in [2.24, 2.45) is 0 Å². The SMILES string of the molecule is N#CC(C(=O)CCc1cncs1)c1ccc2ccccc2n1. The maximum absolute atomic E-state index is 12.3. The van der Waals surface area contributed by atoms with Gasteiger partial charge in [0.15, 0.2) is 5.78 Å². The van der Waals surface area contributed by atoms with Gasteiger partial charge in [-0.1, -0.05) is 24.3 Å². The van der Waals surface area contributed by atoms with Crippen molar-refractivity contribution in [1.82, 2.24) is 9.97 Å². The second-order valence-corrected chi connectivity index (χ2v) is 5.90. The summed E-state index contributed by atoms with van der Waals surface area (Å²) in [6, 6.07) is 13.4. The maximum Gasteiger partial charge on any atom is 0.156 e. The predicted octanol–water partition coefficient (Wildman–Crippen LogP) is 3.50. The molecule has 0 saturated heterocycles. The first kappa shape index (κ1) is 14.4. The number of nitrogens with zero attached hydrogens (tertiary/aromatic N) is 3. The molecular weight excluding hydrogens is 294 g/mol. The number of thiazole rings is 1. The number of hydrogen-bond acceptors (Lipinski definition) is 5. The average molecular weight is 307 g/mol. The third-order valence-corrected chi connectivity index (χ3v) is 4.31. The van der Waals surface area contributed by atoms with E-state index in [9.17, 15) is 10.1 Å². The van der Waals surface area contributed by atoms with E-state index in [4.69, 9.17) is 0 Å². The summed E-state index contributed by atoms with van der Waals surface area (Å²) < 4.78 is 0. The third-order valence-electron chi connectivity index (χ3n) is 3.47. The molecule has 108 valence electrons. The second-order valence-electron chi connectivity index (χ2n) is 4.92. The molecule has 0 aliphatic carbocycles. The normalized spacial score (nSPS) is 12.0. The summed E-state index contributed by atoms with van der Waals surface area (Å²) in [6.45, 7) is 0. The highest BCUT2D eigenvalue weighted by molar-refractivity contribution is 7.09. The minimum absolute atomic E-state index is 0.0984. The van der Waals surface area contributed by atoms with E-state index in [1.54, 1.807) is 17.8 Å². The zero-order valence-electron chi connectivity index (χ0n) is 11.8. The number of aromatic nitrogens is 2. The summed E-state index contributed by atoms with van der Waals surface area (Å²) in [4.78, 5) is 21.8. The zero-order valence-corrected chi connectivity index (χ0v) is 12.6. The topological polar surface area (TPSA) is 66.6 Å². The number of nitriles is 1. The van der Waals surface area contributed by atoms with Gasteiger partial charge in [-0.3, -0.25) is 14.8 Å². The van der Waals surface area contributed by atoms with E-state index >= 15 is 0 Å². The van der Waals surface area contributed by atoms with Gasteiger partial charge in [0.1, 0.15) is 5.92 Å². The first-order valence-corrected chi connectivity index (χ1v) is 7.81. The highest BCUT2D eigenvalue weighted by atomic mass is 32.1. The fraction of sp³-hybridized carbons (Fsp3) is 0.176. The van der Waals surface area contributed by atoms with Crippen LogP contribution in [0.3, 0.4) is 0 Å². The molecule has 0 saturated carbocycles. The number of hydrogen-bond donors (Lipinski definition) is 0. The van der Waals surface area contributed by atoms with Crippen molar-refractivity contribution in [2.45, 2.75) is 18.8 Å². The van der Waals surface area contributed by atoms with Gasteiger partial charge in [0.2, 0.25) is 0 Å². The molecule has 0 aliphatic heterocycles. The Bertz CT molecular complexity index is 836. The summed E-state index contributed by atoms with van der Waals surface area (Å²) in [6.07, 6.45) is 2.71. The molecule has 0 spiro atoms. The Hall–Kier alpha value is -2.58. The molecule has 0 fully saturated rings. The molecule has 0 bridgehead atoms. The largest absolute Gasteiger partial charge is 0.298 e. The number of pyridine rings is 1. The Morgan fingerprint density at radius 3 is 2.91 bits per heavy atom. The Morgan fingerprint density at radius 2 is 2.14 bits per heavy atom. The number of benzene rings is 1. The average Bonchev–Trinajstić information content (AvgIpc) is 3.07. The van der Waals surface area contributed by atoms with E-state index in [2.05, 4.69) is 16.0 Å². The molecule has 1 unspecified atom stereocenters. The number of carbonyl (C=O) groups is 1. The first-order chi connectivity index (χ1) is 10.8. The van der Waals surface area contributed by atoms with Gasteiger partial charge in [0, 0.05) is 22.9 Å². The molecule has 0 N–H and O–H groups in total. The van der Waals surface area contributed by atoms with E-state index in [1.807, 2.05) is 30.3 Å². The molecule has 0 amide bonds. The van der Waals surface area contributed by atoms with Crippen LogP contribution in [0.25, 0.3) is 10.9 Å². The van der Waals surface area contributed by atoms with Crippen molar-refractivity contribution in [1.29, 1.82) is 5.26 Å². The number of Topliss-reactive ketones (excluding diaryl/α,β-unsaturated/α-hetero) is 1. The Labute approximate surface area is 132 Å². The van der Waals surface area contributed by atoms with Gasteiger partial charge in [0.05, 0.1) is 22.8 Å². The van der Waals surface area contributed by atoms with Crippen LogP contribution in [0.1, 0.15) is 22.9 Å². The lowest BCUT2D eigenvalue weighted by molar-refractivity contribution is -0.119. The van der Waals surface area contributed by atoms with Crippen molar-refractivity contribution >= 4 is 28.0 Å². The summed E-state index contributed by atoms with van der Waals surface area (Å²) in [5.41, 5.74) is 3.07. The van der Waals surface area contributed by atoms with E-state index in [1.165, 1.54) is 11.3 Å². The quantitative estimate of drug-likeness (QED) is 0.723. The number of rotatable bonds is 5. The monoisotopic (exact) mass is 307 g/mol. The van der Waals surface area contributed by atoms with Crippen LogP contribution in [0.2, 0.25) is 0 Å². The zero-order chi connectivity index (χ0) is 15.4. The van der Waals surface area contributed by atoms with Gasteiger partial charge in [-0.05, 0) is 18.6 Å². The minimum atomic E-state index is -0.808. The lowest BCUT2D eigenvalue weighted by atomic mass is 9.97. The summed E-state index contributed by atoms with van der Waals surface area (Å²) >= 11 is 1.52. The molecule has 4 nitrogen and oxygen atoms in total. The van der Waals surface area contributed by atoms with Crippen LogP contribution in [0.15, 0.2) is 48.1 Å². The molecular formula is C17H13N3OS. The fourth-order valence-corrected chi connectivity index (χ4v) is 2.90. The lowest BCUT2D eigenvalue weighted by Gasteiger charge is -2.08. The minimum Gasteiger partial charge on any atom is -0.298 e. The van der Waals surface area contributed by atoms with Gasteiger partial charge in [-0.15, -0.1) is 11.3 Å². The van der Waals surface area contributed by atoms with Crippen LogP contribution < -0.4 is 0 Å². The maximum atomic E-state index is 12.3.